The second-order valence-corrected chi connectivity index (χ2v) is 9.52. The molecule has 0 radical (unpaired) electrons. The molecular weight excluding hydrogens is 406 g/mol. The van der Waals surface area contributed by atoms with Crippen LogP contribution in [0.25, 0.3) is 22.3 Å². The van der Waals surface area contributed by atoms with Crippen molar-refractivity contribution < 1.29 is 14.3 Å². The van der Waals surface area contributed by atoms with Gasteiger partial charge in [0.25, 0.3) is 5.91 Å². The van der Waals surface area contributed by atoms with Crippen molar-refractivity contribution in [1.29, 1.82) is 0 Å². The molecule has 3 aromatic rings. The summed E-state index contributed by atoms with van der Waals surface area (Å²) in [6, 6.07) is 11.5. The van der Waals surface area contributed by atoms with Crippen LogP contribution in [0.3, 0.4) is 0 Å². The van der Waals surface area contributed by atoms with E-state index in [1.165, 1.54) is 0 Å². The van der Waals surface area contributed by atoms with Gasteiger partial charge in [-0.2, -0.15) is 5.10 Å². The van der Waals surface area contributed by atoms with Gasteiger partial charge in [-0.25, -0.2) is 9.78 Å². The van der Waals surface area contributed by atoms with Crippen molar-refractivity contribution in [3.05, 3.63) is 47.7 Å². The molecule has 0 atom stereocenters. The minimum Gasteiger partial charge on any atom is -0.444 e. The Hall–Kier alpha value is -3.42. The molecule has 2 N–H and O–H groups in total. The van der Waals surface area contributed by atoms with Gasteiger partial charge in [0.05, 0.1) is 27.9 Å². The third-order valence-electron chi connectivity index (χ3n) is 4.81. The molecule has 8 nitrogen and oxygen atoms in total. The van der Waals surface area contributed by atoms with E-state index in [9.17, 15) is 9.59 Å². The number of aryl methyl sites for hydroxylation is 2. The van der Waals surface area contributed by atoms with E-state index in [1.807, 2.05) is 58.2 Å². The SMILES string of the molecule is Cc1nn(C)c2nc(-c3ccccc3)cc(C(=O)NC(C)(C)CNC(=O)OC(C)(C)C)c12. The Labute approximate surface area is 188 Å². The average Bonchev–Trinajstić information content (AvgIpc) is 2.99. The number of nitrogens with zero attached hydrogens (tertiary/aromatic N) is 3. The van der Waals surface area contributed by atoms with E-state index in [4.69, 9.17) is 9.72 Å². The molecule has 0 aliphatic rings. The van der Waals surface area contributed by atoms with E-state index < -0.39 is 17.2 Å². The highest BCUT2D eigenvalue weighted by molar-refractivity contribution is 6.07. The number of alkyl carbamates (subject to hydrolysis) is 1. The zero-order chi connectivity index (χ0) is 23.7. The van der Waals surface area contributed by atoms with Crippen LogP contribution >= 0.6 is 0 Å². The standard InChI is InChI=1S/C24H31N5O3/c1-15-19-17(21(30)27-24(5,6)14-25-22(31)32-23(2,3)4)13-18(16-11-9-8-10-12-16)26-20(19)29(7)28-15/h8-13H,14H2,1-7H3,(H,25,31)(H,27,30). The molecule has 170 valence electrons. The summed E-state index contributed by atoms with van der Waals surface area (Å²) in [6.07, 6.45) is -0.527. The summed E-state index contributed by atoms with van der Waals surface area (Å²) >= 11 is 0. The molecule has 8 heteroatoms. The predicted octanol–water partition coefficient (Wildman–Crippen LogP) is 3.98. The fourth-order valence-corrected chi connectivity index (χ4v) is 3.41. The number of carbonyl (C=O) groups excluding carboxylic acids is 2. The number of amides is 2. The van der Waals surface area contributed by atoms with E-state index in [0.29, 0.717) is 22.3 Å². The van der Waals surface area contributed by atoms with Crippen LogP contribution in [0.2, 0.25) is 0 Å². The van der Waals surface area contributed by atoms with E-state index >= 15 is 0 Å². The lowest BCUT2D eigenvalue weighted by molar-refractivity contribution is 0.0509. The van der Waals surface area contributed by atoms with Gasteiger partial charge in [0.1, 0.15) is 5.60 Å². The summed E-state index contributed by atoms with van der Waals surface area (Å²) < 4.78 is 6.97. The fraction of sp³-hybridized carbons (Fsp3) is 0.417. The van der Waals surface area contributed by atoms with Gasteiger partial charge in [-0.15, -0.1) is 0 Å². The first-order valence-corrected chi connectivity index (χ1v) is 10.6. The molecule has 1 aromatic carbocycles. The molecule has 0 bridgehead atoms. The largest absolute Gasteiger partial charge is 0.444 e. The van der Waals surface area contributed by atoms with Crippen LogP contribution in [0.4, 0.5) is 4.79 Å². The number of carbonyl (C=O) groups is 2. The lowest BCUT2D eigenvalue weighted by atomic mass is 10.0. The molecule has 0 saturated heterocycles. The molecule has 0 aliphatic heterocycles. The molecule has 0 fully saturated rings. The highest BCUT2D eigenvalue weighted by atomic mass is 16.6. The number of hydrogen-bond donors (Lipinski definition) is 2. The number of aromatic nitrogens is 3. The third-order valence-corrected chi connectivity index (χ3v) is 4.81. The first-order valence-electron chi connectivity index (χ1n) is 10.6. The molecule has 0 spiro atoms. The van der Waals surface area contributed by atoms with Gasteiger partial charge in [-0.3, -0.25) is 9.48 Å². The first-order chi connectivity index (χ1) is 14.9. The van der Waals surface area contributed by atoms with Crippen LogP contribution in [0, 0.1) is 6.92 Å². The molecule has 0 unspecified atom stereocenters. The van der Waals surface area contributed by atoms with Gasteiger partial charge in [0, 0.05) is 19.2 Å². The molecule has 0 saturated carbocycles. The van der Waals surface area contributed by atoms with Crippen molar-refractivity contribution in [2.45, 2.75) is 52.7 Å². The van der Waals surface area contributed by atoms with Crippen molar-refractivity contribution in [3.8, 4) is 11.3 Å². The number of benzene rings is 1. The molecular formula is C24H31N5O3. The molecule has 2 amide bonds. The summed E-state index contributed by atoms with van der Waals surface area (Å²) in [7, 11) is 1.81. The van der Waals surface area contributed by atoms with Crippen LogP contribution in [0.5, 0.6) is 0 Å². The van der Waals surface area contributed by atoms with Gasteiger partial charge in [-0.1, -0.05) is 30.3 Å². The Morgan fingerprint density at radius 1 is 1.09 bits per heavy atom. The van der Waals surface area contributed by atoms with Crippen molar-refractivity contribution >= 4 is 23.0 Å². The highest BCUT2D eigenvalue weighted by Gasteiger charge is 2.26. The zero-order valence-electron chi connectivity index (χ0n) is 19.7. The normalized spacial score (nSPS) is 12.0. The number of ether oxygens (including phenoxy) is 1. The Bertz CT molecular complexity index is 1140. The molecule has 3 rings (SSSR count). The van der Waals surface area contributed by atoms with Crippen molar-refractivity contribution in [2.75, 3.05) is 6.54 Å². The van der Waals surface area contributed by atoms with Crippen LogP contribution in [-0.4, -0.2) is 44.4 Å². The Morgan fingerprint density at radius 3 is 2.38 bits per heavy atom. The Kier molecular flexibility index (Phi) is 6.25. The van der Waals surface area contributed by atoms with Gasteiger partial charge >= 0.3 is 6.09 Å². The summed E-state index contributed by atoms with van der Waals surface area (Å²) in [6.45, 7) is 11.2. The number of pyridine rings is 1. The lowest BCUT2D eigenvalue weighted by Crippen LogP contribution is -2.52. The number of rotatable bonds is 5. The van der Waals surface area contributed by atoms with E-state index in [1.54, 1.807) is 31.5 Å². The van der Waals surface area contributed by atoms with Gasteiger partial charge < -0.3 is 15.4 Å². The monoisotopic (exact) mass is 437 g/mol. The average molecular weight is 438 g/mol. The summed E-state index contributed by atoms with van der Waals surface area (Å²) in [4.78, 5) is 30.1. The molecule has 2 heterocycles. The van der Waals surface area contributed by atoms with E-state index in [0.717, 1.165) is 11.3 Å². The summed E-state index contributed by atoms with van der Waals surface area (Å²) in [5, 5.41) is 10.9. The third kappa shape index (κ3) is 5.43. The Balaban J connectivity index is 1.89. The lowest BCUT2D eigenvalue weighted by Gasteiger charge is -2.28. The van der Waals surface area contributed by atoms with E-state index in [2.05, 4.69) is 15.7 Å². The molecule has 32 heavy (non-hydrogen) atoms. The number of fused-ring (bicyclic) bond motifs is 1. The maximum absolute atomic E-state index is 13.4. The van der Waals surface area contributed by atoms with Gasteiger partial charge in [0.2, 0.25) is 0 Å². The zero-order valence-corrected chi connectivity index (χ0v) is 19.7. The second-order valence-electron chi connectivity index (χ2n) is 9.52. The predicted molar refractivity (Wildman–Crippen MR) is 124 cm³/mol. The first kappa shape index (κ1) is 23.2. The fourth-order valence-electron chi connectivity index (χ4n) is 3.41. The van der Waals surface area contributed by atoms with Gasteiger partial charge in [-0.05, 0) is 47.6 Å². The minimum absolute atomic E-state index is 0.208. The summed E-state index contributed by atoms with van der Waals surface area (Å²) in [5.74, 6) is -0.262. The van der Waals surface area contributed by atoms with Crippen LogP contribution < -0.4 is 10.6 Å². The quantitative estimate of drug-likeness (QED) is 0.629. The van der Waals surface area contributed by atoms with Crippen LogP contribution in [0.1, 0.15) is 50.7 Å². The Morgan fingerprint density at radius 2 is 1.75 bits per heavy atom. The second kappa shape index (κ2) is 8.61. The maximum Gasteiger partial charge on any atom is 0.407 e. The van der Waals surface area contributed by atoms with Crippen LogP contribution in [-0.2, 0) is 11.8 Å². The van der Waals surface area contributed by atoms with Crippen molar-refractivity contribution in [1.82, 2.24) is 25.4 Å². The van der Waals surface area contributed by atoms with Crippen LogP contribution in [0.15, 0.2) is 36.4 Å². The van der Waals surface area contributed by atoms with Crippen molar-refractivity contribution in [3.63, 3.8) is 0 Å². The van der Waals surface area contributed by atoms with Crippen molar-refractivity contribution in [2.24, 2.45) is 7.05 Å². The highest BCUT2D eigenvalue weighted by Crippen LogP contribution is 2.27. The maximum atomic E-state index is 13.4. The summed E-state index contributed by atoms with van der Waals surface area (Å²) in [5.41, 5.74) is 2.15. The van der Waals surface area contributed by atoms with E-state index in [-0.39, 0.29) is 12.5 Å². The smallest absolute Gasteiger partial charge is 0.407 e. The van der Waals surface area contributed by atoms with Gasteiger partial charge in [0.15, 0.2) is 5.65 Å². The topological polar surface area (TPSA) is 98.1 Å². The molecule has 2 aromatic heterocycles. The minimum atomic E-state index is -0.716. The number of nitrogens with one attached hydrogen (secondary N) is 2. The molecule has 0 aliphatic carbocycles. The number of hydrogen-bond acceptors (Lipinski definition) is 5.